The Bertz CT molecular complexity index is 1070. The number of para-hydroxylation sites is 1. The molecule has 31 heavy (non-hydrogen) atoms. The number of nitrogens with one attached hydrogen (secondary N) is 1. The molecule has 1 aliphatic rings. The molecule has 1 N–H and O–H groups in total. The zero-order valence-electron chi connectivity index (χ0n) is 18.9. The second kappa shape index (κ2) is 8.84. The van der Waals surface area contributed by atoms with Crippen LogP contribution in [-0.4, -0.2) is 33.1 Å². The van der Waals surface area contributed by atoms with Crippen molar-refractivity contribution in [2.75, 3.05) is 37.0 Å². The van der Waals surface area contributed by atoms with E-state index in [0.717, 1.165) is 18.5 Å². The van der Waals surface area contributed by atoms with Gasteiger partial charge < -0.3 is 15.1 Å². The smallest absolute Gasteiger partial charge is 0.251 e. The van der Waals surface area contributed by atoms with Crippen molar-refractivity contribution in [3.63, 3.8) is 0 Å². The van der Waals surface area contributed by atoms with Gasteiger partial charge in [0.15, 0.2) is 0 Å². The summed E-state index contributed by atoms with van der Waals surface area (Å²) in [6, 6.07) is 23.2. The summed E-state index contributed by atoms with van der Waals surface area (Å²) in [5, 5.41) is 3.20. The van der Waals surface area contributed by atoms with Gasteiger partial charge in [0.05, 0.1) is 6.04 Å². The lowest BCUT2D eigenvalue weighted by atomic mass is 10.0. The Labute approximate surface area is 185 Å². The van der Waals surface area contributed by atoms with Gasteiger partial charge in [-0.25, -0.2) is 0 Å². The van der Waals surface area contributed by atoms with E-state index in [1.807, 2.05) is 39.2 Å². The highest BCUT2D eigenvalue weighted by Gasteiger charge is 2.27. The maximum absolute atomic E-state index is 12.9. The number of fused-ring (bicyclic) bond motifs is 1. The summed E-state index contributed by atoms with van der Waals surface area (Å²) in [6.07, 6.45) is 1.04. The van der Waals surface area contributed by atoms with Gasteiger partial charge in [-0.15, -0.1) is 0 Å². The largest absolute Gasteiger partial charge is 0.378 e. The Kier molecular flexibility index (Phi) is 5.99. The second-order valence-electron chi connectivity index (χ2n) is 8.58. The number of nitrogens with zero attached hydrogens (tertiary/aromatic N) is 2. The van der Waals surface area contributed by atoms with Gasteiger partial charge in [-0.1, -0.05) is 36.4 Å². The van der Waals surface area contributed by atoms with Gasteiger partial charge in [0.2, 0.25) is 0 Å². The summed E-state index contributed by atoms with van der Waals surface area (Å²) in [5.74, 6) is -0.0227. The molecule has 4 rings (SSSR count). The van der Waals surface area contributed by atoms with Crippen molar-refractivity contribution in [1.82, 2.24) is 5.32 Å². The Morgan fingerprint density at radius 3 is 2.45 bits per heavy atom. The minimum atomic E-state index is -0.0227. The SMILES string of the molecule is Cc1ccc(C(=O)NC[C@@H](c2ccc(N(C)C)cc2)N2CCc3ccccc32)cc1C. The van der Waals surface area contributed by atoms with Crippen LogP contribution in [0.15, 0.2) is 66.7 Å². The van der Waals surface area contributed by atoms with Crippen LogP contribution < -0.4 is 15.1 Å². The summed E-state index contributed by atoms with van der Waals surface area (Å²) in [5.41, 5.74) is 8.07. The first-order valence-corrected chi connectivity index (χ1v) is 10.9. The number of amides is 1. The highest BCUT2D eigenvalue weighted by molar-refractivity contribution is 5.94. The third-order valence-corrected chi connectivity index (χ3v) is 6.32. The number of carbonyl (C=O) groups is 1. The van der Waals surface area contributed by atoms with Gasteiger partial charge >= 0.3 is 0 Å². The maximum atomic E-state index is 12.9. The van der Waals surface area contributed by atoms with Gasteiger partial charge in [-0.3, -0.25) is 4.79 Å². The van der Waals surface area contributed by atoms with Crippen molar-refractivity contribution in [3.8, 4) is 0 Å². The molecule has 0 aliphatic carbocycles. The van der Waals surface area contributed by atoms with Crippen molar-refractivity contribution in [1.29, 1.82) is 0 Å². The van der Waals surface area contributed by atoms with Crippen molar-refractivity contribution in [3.05, 3.63) is 94.5 Å². The molecule has 160 valence electrons. The van der Waals surface area contributed by atoms with E-state index in [1.165, 1.54) is 28.1 Å². The van der Waals surface area contributed by atoms with Crippen LogP contribution in [0.1, 0.15) is 38.7 Å². The molecule has 4 heteroatoms. The lowest BCUT2D eigenvalue weighted by molar-refractivity contribution is 0.0951. The van der Waals surface area contributed by atoms with Crippen LogP contribution in [0, 0.1) is 13.8 Å². The molecule has 0 bridgehead atoms. The number of aryl methyl sites for hydroxylation is 2. The maximum Gasteiger partial charge on any atom is 0.251 e. The van der Waals surface area contributed by atoms with E-state index in [4.69, 9.17) is 0 Å². The number of carbonyl (C=O) groups excluding carboxylic acids is 1. The summed E-state index contributed by atoms with van der Waals surface area (Å²) < 4.78 is 0. The molecule has 0 saturated heterocycles. The zero-order valence-corrected chi connectivity index (χ0v) is 18.9. The third-order valence-electron chi connectivity index (χ3n) is 6.32. The average Bonchev–Trinajstić information content (AvgIpc) is 3.20. The summed E-state index contributed by atoms with van der Waals surface area (Å²) >= 11 is 0. The van der Waals surface area contributed by atoms with Crippen LogP contribution in [-0.2, 0) is 6.42 Å². The fraction of sp³-hybridized carbons (Fsp3) is 0.296. The van der Waals surface area contributed by atoms with Crippen LogP contribution in [0.2, 0.25) is 0 Å². The Morgan fingerprint density at radius 1 is 1.00 bits per heavy atom. The molecule has 0 saturated carbocycles. The predicted molar refractivity (Wildman–Crippen MR) is 129 cm³/mol. The monoisotopic (exact) mass is 413 g/mol. The predicted octanol–water partition coefficient (Wildman–Crippen LogP) is 4.90. The van der Waals surface area contributed by atoms with Crippen molar-refractivity contribution >= 4 is 17.3 Å². The van der Waals surface area contributed by atoms with Gasteiger partial charge in [-0.2, -0.15) is 0 Å². The van der Waals surface area contributed by atoms with Gasteiger partial charge in [0, 0.05) is 44.1 Å². The highest BCUT2D eigenvalue weighted by Crippen LogP contribution is 2.35. The first kappa shape index (κ1) is 21.0. The molecular weight excluding hydrogens is 382 g/mol. The molecule has 0 fully saturated rings. The molecule has 1 amide bonds. The van der Waals surface area contributed by atoms with E-state index >= 15 is 0 Å². The number of rotatable bonds is 6. The molecule has 1 atom stereocenters. The molecule has 0 spiro atoms. The van der Waals surface area contributed by atoms with Crippen molar-refractivity contribution in [2.45, 2.75) is 26.3 Å². The van der Waals surface area contributed by atoms with Crippen LogP contribution in [0.25, 0.3) is 0 Å². The Morgan fingerprint density at radius 2 is 1.74 bits per heavy atom. The normalized spacial score (nSPS) is 13.6. The van der Waals surface area contributed by atoms with Gasteiger partial charge in [-0.05, 0) is 72.9 Å². The third kappa shape index (κ3) is 4.43. The van der Waals surface area contributed by atoms with Crippen LogP contribution in [0.5, 0.6) is 0 Å². The van der Waals surface area contributed by atoms with Crippen LogP contribution >= 0.6 is 0 Å². The van der Waals surface area contributed by atoms with Crippen LogP contribution in [0.4, 0.5) is 11.4 Å². The quantitative estimate of drug-likeness (QED) is 0.624. The molecule has 1 aliphatic heterocycles. The standard InChI is InChI=1S/C27H31N3O/c1-19-9-10-23(17-20(19)2)27(31)28-18-26(22-11-13-24(14-12-22)29(3)4)30-16-15-21-7-5-6-8-25(21)30/h5-14,17,26H,15-16,18H2,1-4H3,(H,28,31)/t26-/m0/s1. The molecule has 0 radical (unpaired) electrons. The summed E-state index contributed by atoms with van der Waals surface area (Å²) in [6.45, 7) is 5.62. The fourth-order valence-electron chi connectivity index (χ4n) is 4.26. The first-order chi connectivity index (χ1) is 14.9. The van der Waals surface area contributed by atoms with E-state index < -0.39 is 0 Å². The molecule has 3 aromatic carbocycles. The first-order valence-electron chi connectivity index (χ1n) is 10.9. The van der Waals surface area contributed by atoms with Crippen molar-refractivity contribution < 1.29 is 4.79 Å². The summed E-state index contributed by atoms with van der Waals surface area (Å²) in [4.78, 5) is 17.4. The lowest BCUT2D eigenvalue weighted by Gasteiger charge is -2.31. The fourth-order valence-corrected chi connectivity index (χ4v) is 4.26. The van der Waals surface area contributed by atoms with E-state index in [1.54, 1.807) is 0 Å². The van der Waals surface area contributed by atoms with Crippen molar-refractivity contribution in [2.24, 2.45) is 0 Å². The van der Waals surface area contributed by atoms with E-state index in [0.29, 0.717) is 12.1 Å². The molecule has 4 nitrogen and oxygen atoms in total. The molecule has 3 aromatic rings. The Hall–Kier alpha value is -3.27. The second-order valence-corrected chi connectivity index (χ2v) is 8.58. The average molecular weight is 414 g/mol. The van der Waals surface area contributed by atoms with Gasteiger partial charge in [0.25, 0.3) is 5.91 Å². The lowest BCUT2D eigenvalue weighted by Crippen LogP contribution is -2.37. The minimum absolute atomic E-state index is 0.0227. The number of anilines is 2. The van der Waals surface area contributed by atoms with E-state index in [2.05, 4.69) is 70.6 Å². The summed E-state index contributed by atoms with van der Waals surface area (Å²) in [7, 11) is 4.10. The molecule has 1 heterocycles. The minimum Gasteiger partial charge on any atom is -0.378 e. The molecule has 0 aromatic heterocycles. The topological polar surface area (TPSA) is 35.6 Å². The molecular formula is C27H31N3O. The van der Waals surface area contributed by atoms with E-state index in [-0.39, 0.29) is 11.9 Å². The highest BCUT2D eigenvalue weighted by atomic mass is 16.1. The number of benzene rings is 3. The van der Waals surface area contributed by atoms with E-state index in [9.17, 15) is 4.79 Å². The molecule has 0 unspecified atom stereocenters. The number of hydrogen-bond acceptors (Lipinski definition) is 3. The Balaban J connectivity index is 1.59. The van der Waals surface area contributed by atoms with Crippen LogP contribution in [0.3, 0.4) is 0 Å². The number of hydrogen-bond donors (Lipinski definition) is 1. The zero-order chi connectivity index (χ0) is 22.0. The van der Waals surface area contributed by atoms with Gasteiger partial charge in [0.1, 0.15) is 0 Å².